The molecule has 0 saturated carbocycles. The molecule has 2 amide bonds. The van der Waals surface area contributed by atoms with E-state index in [0.717, 1.165) is 5.56 Å². The van der Waals surface area contributed by atoms with Crippen molar-refractivity contribution < 1.29 is 28.9 Å². The van der Waals surface area contributed by atoms with Gasteiger partial charge < -0.3 is 30.0 Å². The fourth-order valence-corrected chi connectivity index (χ4v) is 2.02. The number of methoxy groups -OCH3 is 3. The molecule has 1 rings (SSSR count). The highest BCUT2D eigenvalue weighted by Gasteiger charge is 2.15. The van der Waals surface area contributed by atoms with Gasteiger partial charge in [-0.2, -0.15) is 0 Å². The van der Waals surface area contributed by atoms with E-state index < -0.39 is 12.0 Å². The number of rotatable bonds is 9. The predicted molar refractivity (Wildman–Crippen MR) is 83.5 cm³/mol. The number of carbonyl (C=O) groups is 2. The summed E-state index contributed by atoms with van der Waals surface area (Å²) in [7, 11) is 4.60. The monoisotopic (exact) mass is 326 g/mol. The summed E-state index contributed by atoms with van der Waals surface area (Å²) in [5.41, 5.74) is 0.857. The SMILES string of the molecule is COc1ccc(CCNC(=O)NCCC(=O)O)c(OC)c1OC. The van der Waals surface area contributed by atoms with E-state index >= 15 is 0 Å². The molecule has 0 radical (unpaired) electrons. The van der Waals surface area contributed by atoms with Crippen LogP contribution in [0.1, 0.15) is 12.0 Å². The summed E-state index contributed by atoms with van der Waals surface area (Å²) in [5.74, 6) is 0.659. The van der Waals surface area contributed by atoms with E-state index in [1.807, 2.05) is 6.07 Å². The molecule has 0 saturated heterocycles. The van der Waals surface area contributed by atoms with Crippen LogP contribution in [0.3, 0.4) is 0 Å². The highest BCUT2D eigenvalue weighted by molar-refractivity contribution is 5.75. The van der Waals surface area contributed by atoms with Crippen molar-refractivity contribution in [1.29, 1.82) is 0 Å². The number of benzene rings is 1. The van der Waals surface area contributed by atoms with Crippen molar-refractivity contribution in [3.63, 3.8) is 0 Å². The van der Waals surface area contributed by atoms with Gasteiger partial charge in [0.2, 0.25) is 5.75 Å². The number of nitrogens with one attached hydrogen (secondary N) is 2. The highest BCUT2D eigenvalue weighted by Crippen LogP contribution is 2.39. The minimum Gasteiger partial charge on any atom is -0.493 e. The lowest BCUT2D eigenvalue weighted by Crippen LogP contribution is -2.37. The van der Waals surface area contributed by atoms with Gasteiger partial charge in [-0.25, -0.2) is 4.79 Å². The molecule has 0 bridgehead atoms. The van der Waals surface area contributed by atoms with E-state index in [1.165, 1.54) is 14.2 Å². The van der Waals surface area contributed by atoms with E-state index in [9.17, 15) is 9.59 Å². The summed E-state index contributed by atoms with van der Waals surface area (Å²) >= 11 is 0. The summed E-state index contributed by atoms with van der Waals surface area (Å²) in [6.07, 6.45) is 0.410. The molecule has 23 heavy (non-hydrogen) atoms. The first kappa shape index (κ1) is 18.4. The molecule has 0 aliphatic heterocycles. The number of amides is 2. The lowest BCUT2D eigenvalue weighted by atomic mass is 10.1. The smallest absolute Gasteiger partial charge is 0.314 e. The number of hydrogen-bond donors (Lipinski definition) is 3. The van der Waals surface area contributed by atoms with Crippen LogP contribution in [0, 0.1) is 0 Å². The zero-order chi connectivity index (χ0) is 17.2. The van der Waals surface area contributed by atoms with Gasteiger partial charge in [-0.05, 0) is 12.5 Å². The normalized spacial score (nSPS) is 9.87. The van der Waals surface area contributed by atoms with Crippen LogP contribution in [-0.4, -0.2) is 51.5 Å². The first-order chi connectivity index (χ1) is 11.0. The molecule has 0 aromatic heterocycles. The summed E-state index contributed by atoms with van der Waals surface area (Å²) in [6.45, 7) is 0.450. The summed E-state index contributed by atoms with van der Waals surface area (Å²) in [4.78, 5) is 21.9. The Morgan fingerprint density at radius 1 is 1.00 bits per heavy atom. The minimum atomic E-state index is -0.958. The van der Waals surface area contributed by atoms with E-state index in [4.69, 9.17) is 19.3 Å². The van der Waals surface area contributed by atoms with Crippen molar-refractivity contribution in [3.05, 3.63) is 17.7 Å². The maximum absolute atomic E-state index is 11.5. The van der Waals surface area contributed by atoms with Crippen LogP contribution in [0.2, 0.25) is 0 Å². The van der Waals surface area contributed by atoms with Gasteiger partial charge in [-0.15, -0.1) is 0 Å². The van der Waals surface area contributed by atoms with Gasteiger partial charge in [0.1, 0.15) is 0 Å². The molecule has 128 valence electrons. The molecule has 8 nitrogen and oxygen atoms in total. The van der Waals surface area contributed by atoms with Crippen LogP contribution in [0.25, 0.3) is 0 Å². The zero-order valence-corrected chi connectivity index (χ0v) is 13.5. The Labute approximate surface area is 134 Å². The summed E-state index contributed by atoms with van der Waals surface area (Å²) in [6, 6.07) is 3.19. The molecule has 8 heteroatoms. The lowest BCUT2D eigenvalue weighted by molar-refractivity contribution is -0.136. The number of carboxylic acids is 1. The fraction of sp³-hybridized carbons (Fsp3) is 0.467. The third-order valence-corrected chi connectivity index (χ3v) is 3.09. The number of ether oxygens (including phenoxy) is 3. The molecule has 0 spiro atoms. The van der Waals surface area contributed by atoms with Crippen molar-refractivity contribution in [2.24, 2.45) is 0 Å². The number of urea groups is 1. The van der Waals surface area contributed by atoms with Crippen LogP contribution in [-0.2, 0) is 11.2 Å². The lowest BCUT2D eigenvalue weighted by Gasteiger charge is -2.16. The Morgan fingerprint density at radius 3 is 2.22 bits per heavy atom. The van der Waals surface area contributed by atoms with Crippen molar-refractivity contribution in [2.75, 3.05) is 34.4 Å². The third kappa shape index (κ3) is 5.57. The second-order valence-corrected chi connectivity index (χ2v) is 4.57. The van der Waals surface area contributed by atoms with Gasteiger partial charge in [0.15, 0.2) is 11.5 Å². The molecule has 0 atom stereocenters. The number of hydrogen-bond acceptors (Lipinski definition) is 5. The van der Waals surface area contributed by atoms with E-state index in [2.05, 4.69) is 10.6 Å². The van der Waals surface area contributed by atoms with E-state index in [-0.39, 0.29) is 13.0 Å². The molecule has 1 aromatic carbocycles. The topological polar surface area (TPSA) is 106 Å². The number of carboxylic acid groups (broad SMARTS) is 1. The number of carbonyl (C=O) groups excluding carboxylic acids is 1. The molecule has 0 unspecified atom stereocenters. The molecular formula is C15H22N2O6. The van der Waals surface area contributed by atoms with E-state index in [1.54, 1.807) is 13.2 Å². The van der Waals surface area contributed by atoms with Crippen molar-refractivity contribution in [1.82, 2.24) is 10.6 Å². The Morgan fingerprint density at radius 2 is 1.65 bits per heavy atom. The second-order valence-electron chi connectivity index (χ2n) is 4.57. The quantitative estimate of drug-likeness (QED) is 0.626. The molecule has 0 aliphatic carbocycles. The Balaban J connectivity index is 2.57. The molecule has 0 aliphatic rings. The zero-order valence-electron chi connectivity index (χ0n) is 13.5. The van der Waals surface area contributed by atoms with Crippen molar-refractivity contribution >= 4 is 12.0 Å². The highest BCUT2D eigenvalue weighted by atomic mass is 16.5. The van der Waals surface area contributed by atoms with Crippen LogP contribution in [0.15, 0.2) is 12.1 Å². The van der Waals surface area contributed by atoms with Gasteiger partial charge in [-0.1, -0.05) is 6.07 Å². The first-order valence-corrected chi connectivity index (χ1v) is 7.04. The van der Waals surface area contributed by atoms with Crippen molar-refractivity contribution in [2.45, 2.75) is 12.8 Å². The van der Waals surface area contributed by atoms with Gasteiger partial charge >= 0.3 is 12.0 Å². The molecular weight excluding hydrogens is 304 g/mol. The molecule has 1 aromatic rings. The van der Waals surface area contributed by atoms with Gasteiger partial charge in [0.05, 0.1) is 27.8 Å². The maximum atomic E-state index is 11.5. The largest absolute Gasteiger partial charge is 0.493 e. The summed E-state index contributed by atoms with van der Waals surface area (Å²) in [5, 5.41) is 13.6. The Kier molecular flexibility index (Phi) is 7.52. The van der Waals surface area contributed by atoms with Gasteiger partial charge in [0, 0.05) is 18.7 Å². The average Bonchev–Trinajstić information content (AvgIpc) is 2.53. The van der Waals surface area contributed by atoms with E-state index in [0.29, 0.717) is 30.2 Å². The van der Waals surface area contributed by atoms with Gasteiger partial charge in [0.25, 0.3) is 0 Å². The minimum absolute atomic E-state index is 0.0842. The fourth-order valence-electron chi connectivity index (χ4n) is 2.02. The van der Waals surface area contributed by atoms with Crippen LogP contribution in [0.5, 0.6) is 17.2 Å². The van der Waals surface area contributed by atoms with Crippen LogP contribution < -0.4 is 24.8 Å². The average molecular weight is 326 g/mol. The second kappa shape index (κ2) is 9.39. The van der Waals surface area contributed by atoms with Crippen LogP contribution in [0.4, 0.5) is 4.79 Å². The molecule has 0 fully saturated rings. The Bertz CT molecular complexity index is 547. The van der Waals surface area contributed by atoms with Crippen LogP contribution >= 0.6 is 0 Å². The maximum Gasteiger partial charge on any atom is 0.314 e. The van der Waals surface area contributed by atoms with Crippen molar-refractivity contribution in [3.8, 4) is 17.2 Å². The Hall–Kier alpha value is -2.64. The number of aliphatic carboxylic acids is 1. The summed E-state index contributed by atoms with van der Waals surface area (Å²) < 4.78 is 15.9. The van der Waals surface area contributed by atoms with Gasteiger partial charge in [-0.3, -0.25) is 4.79 Å². The standard InChI is InChI=1S/C15H22N2O6/c1-21-11-5-4-10(13(22-2)14(11)23-3)6-8-16-15(20)17-9-7-12(18)19/h4-5H,6-9H2,1-3H3,(H,18,19)(H2,16,17,20). The molecule has 0 heterocycles. The molecule has 3 N–H and O–H groups in total. The predicted octanol–water partition coefficient (Wildman–Crippen LogP) is 1.03. The third-order valence-electron chi connectivity index (χ3n) is 3.09. The first-order valence-electron chi connectivity index (χ1n) is 7.04.